The molecule has 0 aromatic rings. The number of aldehydes is 1. The number of carbonyl (C=O) groups is 2. The number of amides is 1. The summed E-state index contributed by atoms with van der Waals surface area (Å²) in [7, 11) is 0. The maximum absolute atomic E-state index is 10.8. The van der Waals surface area contributed by atoms with E-state index in [-0.39, 0.29) is 18.4 Å². The van der Waals surface area contributed by atoms with Crippen LogP contribution in [0.1, 0.15) is 20.3 Å². The molecule has 70 valence electrons. The molecule has 0 saturated heterocycles. The molecule has 0 saturated carbocycles. The average molecular weight is 172 g/mol. The van der Waals surface area contributed by atoms with E-state index in [0.717, 1.165) is 12.7 Å². The van der Waals surface area contributed by atoms with Gasteiger partial charge in [0.15, 0.2) is 0 Å². The Hall–Kier alpha value is -0.900. The maximum Gasteiger partial charge on any atom is 0.234 e. The van der Waals surface area contributed by atoms with Gasteiger partial charge in [-0.25, -0.2) is 0 Å². The zero-order valence-electron chi connectivity index (χ0n) is 7.54. The fourth-order valence-corrected chi connectivity index (χ4v) is 0.809. The smallest absolute Gasteiger partial charge is 0.234 e. The summed E-state index contributed by atoms with van der Waals surface area (Å²) < 4.78 is 0. The molecular weight excluding hydrogens is 156 g/mol. The SMILES string of the molecule is CC[C@H](C)[C@@H](C=O)NC(=O)CN. The number of hydrogen-bond acceptors (Lipinski definition) is 3. The van der Waals surface area contributed by atoms with Crippen molar-refractivity contribution in [3.63, 3.8) is 0 Å². The Morgan fingerprint density at radius 3 is 2.58 bits per heavy atom. The molecule has 0 fully saturated rings. The summed E-state index contributed by atoms with van der Waals surface area (Å²) in [6, 6.07) is -0.397. The van der Waals surface area contributed by atoms with Gasteiger partial charge in [0, 0.05) is 0 Å². The minimum Gasteiger partial charge on any atom is -0.345 e. The van der Waals surface area contributed by atoms with E-state index < -0.39 is 6.04 Å². The van der Waals surface area contributed by atoms with E-state index in [4.69, 9.17) is 5.73 Å². The van der Waals surface area contributed by atoms with Crippen LogP contribution in [0.2, 0.25) is 0 Å². The molecule has 0 heterocycles. The molecule has 0 aliphatic rings. The fourth-order valence-electron chi connectivity index (χ4n) is 0.809. The Bertz CT molecular complexity index is 159. The summed E-state index contributed by atoms with van der Waals surface area (Å²) in [6.07, 6.45) is 1.61. The molecule has 12 heavy (non-hydrogen) atoms. The Morgan fingerprint density at radius 2 is 2.25 bits per heavy atom. The summed E-state index contributed by atoms with van der Waals surface area (Å²) in [5.74, 6) is -0.120. The third-order valence-corrected chi connectivity index (χ3v) is 1.92. The Morgan fingerprint density at radius 1 is 1.67 bits per heavy atom. The Kier molecular flexibility index (Phi) is 5.28. The van der Waals surface area contributed by atoms with E-state index in [0.29, 0.717) is 0 Å². The van der Waals surface area contributed by atoms with E-state index in [1.54, 1.807) is 0 Å². The molecule has 0 radical (unpaired) electrons. The monoisotopic (exact) mass is 172 g/mol. The van der Waals surface area contributed by atoms with E-state index in [2.05, 4.69) is 5.32 Å². The number of carbonyl (C=O) groups excluding carboxylic acids is 2. The van der Waals surface area contributed by atoms with Crippen LogP contribution in [-0.4, -0.2) is 24.8 Å². The second kappa shape index (κ2) is 5.71. The second-order valence-electron chi connectivity index (χ2n) is 2.82. The maximum atomic E-state index is 10.8. The predicted octanol–water partition coefficient (Wildman–Crippen LogP) is -0.325. The van der Waals surface area contributed by atoms with Crippen LogP contribution in [0.4, 0.5) is 0 Å². The van der Waals surface area contributed by atoms with Gasteiger partial charge in [-0.05, 0) is 5.92 Å². The minimum absolute atomic E-state index is 0.0687. The highest BCUT2D eigenvalue weighted by atomic mass is 16.2. The number of nitrogens with two attached hydrogens (primary N) is 1. The fraction of sp³-hybridized carbons (Fsp3) is 0.750. The van der Waals surface area contributed by atoms with Crippen LogP contribution in [0.3, 0.4) is 0 Å². The van der Waals surface area contributed by atoms with Crippen LogP contribution >= 0.6 is 0 Å². The molecule has 2 atom stereocenters. The van der Waals surface area contributed by atoms with Gasteiger partial charge in [-0.15, -0.1) is 0 Å². The number of nitrogens with one attached hydrogen (secondary N) is 1. The first-order valence-electron chi connectivity index (χ1n) is 4.10. The minimum atomic E-state index is -0.397. The van der Waals surface area contributed by atoms with Crippen molar-refractivity contribution in [3.8, 4) is 0 Å². The first-order valence-corrected chi connectivity index (χ1v) is 4.10. The Labute approximate surface area is 72.5 Å². The summed E-state index contributed by atoms with van der Waals surface area (Å²) in [5.41, 5.74) is 5.09. The summed E-state index contributed by atoms with van der Waals surface area (Å²) in [4.78, 5) is 21.3. The lowest BCUT2D eigenvalue weighted by Crippen LogP contribution is -2.43. The zero-order valence-corrected chi connectivity index (χ0v) is 7.54. The van der Waals surface area contributed by atoms with E-state index in [9.17, 15) is 9.59 Å². The number of hydrogen-bond donors (Lipinski definition) is 2. The van der Waals surface area contributed by atoms with Gasteiger partial charge >= 0.3 is 0 Å². The van der Waals surface area contributed by atoms with E-state index in [1.807, 2.05) is 13.8 Å². The summed E-state index contributed by atoms with van der Waals surface area (Å²) >= 11 is 0. The molecule has 0 spiro atoms. The third-order valence-electron chi connectivity index (χ3n) is 1.92. The first kappa shape index (κ1) is 11.1. The van der Waals surface area contributed by atoms with Gasteiger partial charge in [0.1, 0.15) is 6.29 Å². The van der Waals surface area contributed by atoms with Gasteiger partial charge in [0.25, 0.3) is 0 Å². The quantitative estimate of drug-likeness (QED) is 0.558. The van der Waals surface area contributed by atoms with Gasteiger partial charge in [-0.1, -0.05) is 20.3 Å². The molecule has 0 aliphatic heterocycles. The zero-order chi connectivity index (χ0) is 9.56. The molecule has 0 unspecified atom stereocenters. The largest absolute Gasteiger partial charge is 0.345 e. The van der Waals surface area contributed by atoms with Crippen molar-refractivity contribution in [3.05, 3.63) is 0 Å². The van der Waals surface area contributed by atoms with Crippen LogP contribution in [0.15, 0.2) is 0 Å². The summed E-state index contributed by atoms with van der Waals surface area (Å²) in [6.45, 7) is 3.81. The molecule has 4 heteroatoms. The lowest BCUT2D eigenvalue weighted by atomic mass is 10.0. The van der Waals surface area contributed by atoms with Crippen molar-refractivity contribution >= 4 is 12.2 Å². The van der Waals surface area contributed by atoms with Gasteiger partial charge in [-0.3, -0.25) is 4.79 Å². The molecule has 0 aromatic carbocycles. The van der Waals surface area contributed by atoms with Gasteiger partial charge in [0.05, 0.1) is 12.6 Å². The number of rotatable bonds is 5. The molecule has 0 aromatic heterocycles. The lowest BCUT2D eigenvalue weighted by Gasteiger charge is -2.17. The highest BCUT2D eigenvalue weighted by Crippen LogP contribution is 2.04. The van der Waals surface area contributed by atoms with Crippen LogP contribution in [-0.2, 0) is 9.59 Å². The molecule has 0 rings (SSSR count). The molecule has 1 amide bonds. The van der Waals surface area contributed by atoms with E-state index in [1.165, 1.54) is 0 Å². The van der Waals surface area contributed by atoms with Crippen molar-refractivity contribution < 1.29 is 9.59 Å². The van der Waals surface area contributed by atoms with Crippen molar-refractivity contribution in [2.45, 2.75) is 26.3 Å². The normalized spacial score (nSPS) is 14.9. The van der Waals surface area contributed by atoms with Crippen molar-refractivity contribution in [2.75, 3.05) is 6.54 Å². The van der Waals surface area contributed by atoms with Crippen LogP contribution in [0, 0.1) is 5.92 Å². The summed E-state index contributed by atoms with van der Waals surface area (Å²) in [5, 5.41) is 2.54. The Balaban J connectivity index is 3.98. The predicted molar refractivity (Wildman–Crippen MR) is 46.5 cm³/mol. The second-order valence-corrected chi connectivity index (χ2v) is 2.82. The van der Waals surface area contributed by atoms with Crippen molar-refractivity contribution in [1.82, 2.24) is 5.32 Å². The average Bonchev–Trinajstić information content (AvgIpc) is 2.12. The molecular formula is C8H16N2O2. The lowest BCUT2D eigenvalue weighted by molar-refractivity contribution is -0.123. The molecule has 0 aliphatic carbocycles. The van der Waals surface area contributed by atoms with Gasteiger partial charge < -0.3 is 15.8 Å². The first-order chi connectivity index (χ1) is 5.65. The topological polar surface area (TPSA) is 72.2 Å². The van der Waals surface area contributed by atoms with Crippen molar-refractivity contribution in [1.29, 1.82) is 0 Å². The molecule has 4 nitrogen and oxygen atoms in total. The van der Waals surface area contributed by atoms with Gasteiger partial charge in [-0.2, -0.15) is 0 Å². The van der Waals surface area contributed by atoms with Crippen LogP contribution in [0.5, 0.6) is 0 Å². The highest BCUT2D eigenvalue weighted by Gasteiger charge is 2.15. The third kappa shape index (κ3) is 3.48. The van der Waals surface area contributed by atoms with Crippen LogP contribution in [0.25, 0.3) is 0 Å². The van der Waals surface area contributed by atoms with Gasteiger partial charge in [0.2, 0.25) is 5.91 Å². The molecule has 3 N–H and O–H groups in total. The standard InChI is InChI=1S/C8H16N2O2/c1-3-6(2)7(5-11)10-8(12)4-9/h5-7H,3-4,9H2,1-2H3,(H,10,12)/t6-,7+/m0/s1. The van der Waals surface area contributed by atoms with E-state index >= 15 is 0 Å². The van der Waals surface area contributed by atoms with Crippen molar-refractivity contribution in [2.24, 2.45) is 11.7 Å². The van der Waals surface area contributed by atoms with Crippen LogP contribution < -0.4 is 11.1 Å². The molecule has 0 bridgehead atoms. The highest BCUT2D eigenvalue weighted by molar-refractivity contribution is 5.81.